The molecule has 1 amide bonds. The summed E-state index contributed by atoms with van der Waals surface area (Å²) in [6.45, 7) is 6.27. The Bertz CT molecular complexity index is 401. The number of carbonyl (C=O) groups is 1. The number of halogens is 1. The van der Waals surface area contributed by atoms with Crippen molar-refractivity contribution in [2.75, 3.05) is 5.33 Å². The van der Waals surface area contributed by atoms with Gasteiger partial charge in [0.2, 0.25) is 0 Å². The van der Waals surface area contributed by atoms with E-state index in [0.29, 0.717) is 11.6 Å². The molecule has 102 valence electrons. The Morgan fingerprint density at radius 1 is 1.56 bits per heavy atom. The molecule has 0 spiro atoms. The highest BCUT2D eigenvalue weighted by Gasteiger charge is 2.19. The van der Waals surface area contributed by atoms with Crippen LogP contribution in [0.4, 0.5) is 0 Å². The first kappa shape index (κ1) is 15.2. The Morgan fingerprint density at radius 2 is 2.22 bits per heavy atom. The van der Waals surface area contributed by atoms with Crippen molar-refractivity contribution in [2.24, 2.45) is 13.0 Å². The quantitative estimate of drug-likeness (QED) is 0.820. The van der Waals surface area contributed by atoms with Crippen LogP contribution in [0.25, 0.3) is 0 Å². The van der Waals surface area contributed by atoms with E-state index in [1.807, 2.05) is 20.0 Å². The Labute approximate surface area is 117 Å². The topological polar surface area (TPSA) is 46.9 Å². The minimum atomic E-state index is -0.0376. The number of hydrogen-bond acceptors (Lipinski definition) is 2. The number of nitrogens with one attached hydrogen (secondary N) is 1. The zero-order chi connectivity index (χ0) is 13.7. The third-order valence-corrected chi connectivity index (χ3v) is 3.52. The molecule has 1 atom stereocenters. The zero-order valence-electron chi connectivity index (χ0n) is 11.5. The average Bonchev–Trinajstić information content (AvgIpc) is 2.69. The highest BCUT2D eigenvalue weighted by atomic mass is 79.9. The van der Waals surface area contributed by atoms with Gasteiger partial charge in [-0.3, -0.25) is 9.48 Å². The summed E-state index contributed by atoms with van der Waals surface area (Å²) in [7, 11) is 1.81. The molecular weight excluding hydrogens is 294 g/mol. The number of aromatic nitrogens is 2. The van der Waals surface area contributed by atoms with Crippen LogP contribution < -0.4 is 5.32 Å². The standard InChI is InChI=1S/C13H22BrN3O/c1-5-10-8-12(17(4)16-10)13(18)15-11(6-7-14)9(2)3/h8-9,11H,5-7H2,1-4H3,(H,15,18). The van der Waals surface area contributed by atoms with Crippen molar-refractivity contribution in [1.29, 1.82) is 0 Å². The van der Waals surface area contributed by atoms with Gasteiger partial charge in [0.1, 0.15) is 5.69 Å². The molecule has 18 heavy (non-hydrogen) atoms. The lowest BCUT2D eigenvalue weighted by atomic mass is 10.0. The lowest BCUT2D eigenvalue weighted by molar-refractivity contribution is 0.0915. The summed E-state index contributed by atoms with van der Waals surface area (Å²) in [6.07, 6.45) is 1.78. The molecule has 0 radical (unpaired) electrons. The zero-order valence-corrected chi connectivity index (χ0v) is 13.1. The fourth-order valence-corrected chi connectivity index (χ4v) is 2.34. The Kier molecular flexibility index (Phi) is 5.85. The maximum Gasteiger partial charge on any atom is 0.269 e. The molecule has 1 unspecified atom stereocenters. The summed E-state index contributed by atoms with van der Waals surface area (Å²) < 4.78 is 1.65. The van der Waals surface area contributed by atoms with Gasteiger partial charge in [-0.05, 0) is 24.8 Å². The van der Waals surface area contributed by atoms with Crippen LogP contribution in [0, 0.1) is 5.92 Å². The van der Waals surface area contributed by atoms with Crippen molar-refractivity contribution < 1.29 is 4.79 Å². The molecule has 4 nitrogen and oxygen atoms in total. The molecule has 0 aliphatic carbocycles. The number of hydrogen-bond donors (Lipinski definition) is 1. The number of alkyl halides is 1. The molecule has 1 aromatic rings. The van der Waals surface area contributed by atoms with E-state index in [1.54, 1.807) is 4.68 Å². The number of aryl methyl sites for hydroxylation is 2. The monoisotopic (exact) mass is 315 g/mol. The predicted octanol–water partition coefficient (Wildman–Crippen LogP) is 2.52. The third-order valence-electron chi connectivity index (χ3n) is 3.07. The van der Waals surface area contributed by atoms with Gasteiger partial charge in [-0.2, -0.15) is 5.10 Å². The molecule has 0 aromatic carbocycles. The van der Waals surface area contributed by atoms with Crippen LogP contribution in [0.2, 0.25) is 0 Å². The molecule has 0 bridgehead atoms. The minimum Gasteiger partial charge on any atom is -0.348 e. The van der Waals surface area contributed by atoms with Crippen molar-refractivity contribution in [1.82, 2.24) is 15.1 Å². The molecule has 1 aromatic heterocycles. The van der Waals surface area contributed by atoms with Crippen LogP contribution in [0.5, 0.6) is 0 Å². The van der Waals surface area contributed by atoms with Crippen molar-refractivity contribution in [3.63, 3.8) is 0 Å². The number of carbonyl (C=O) groups excluding carboxylic acids is 1. The fourth-order valence-electron chi connectivity index (χ4n) is 1.84. The normalized spacial score (nSPS) is 12.8. The largest absolute Gasteiger partial charge is 0.348 e. The number of nitrogens with zero attached hydrogens (tertiary/aromatic N) is 2. The second-order valence-corrected chi connectivity index (χ2v) is 5.59. The van der Waals surface area contributed by atoms with E-state index in [0.717, 1.165) is 23.9 Å². The Morgan fingerprint density at radius 3 is 2.67 bits per heavy atom. The average molecular weight is 316 g/mol. The van der Waals surface area contributed by atoms with Gasteiger partial charge in [0, 0.05) is 18.4 Å². The van der Waals surface area contributed by atoms with Crippen molar-refractivity contribution >= 4 is 21.8 Å². The van der Waals surface area contributed by atoms with Gasteiger partial charge < -0.3 is 5.32 Å². The smallest absolute Gasteiger partial charge is 0.269 e. The first-order valence-electron chi connectivity index (χ1n) is 6.39. The lowest BCUT2D eigenvalue weighted by Crippen LogP contribution is -2.39. The summed E-state index contributed by atoms with van der Waals surface area (Å²) in [5.74, 6) is 0.384. The summed E-state index contributed by atoms with van der Waals surface area (Å²) in [4.78, 5) is 12.2. The molecule has 1 N–H and O–H groups in total. The van der Waals surface area contributed by atoms with Crippen molar-refractivity contribution in [2.45, 2.75) is 39.7 Å². The highest BCUT2D eigenvalue weighted by molar-refractivity contribution is 9.09. The molecule has 0 fully saturated rings. The van der Waals surface area contributed by atoms with E-state index < -0.39 is 0 Å². The second kappa shape index (κ2) is 6.92. The van der Waals surface area contributed by atoms with Gasteiger partial charge in [-0.25, -0.2) is 0 Å². The maximum absolute atomic E-state index is 12.2. The molecule has 1 rings (SSSR count). The van der Waals surface area contributed by atoms with Gasteiger partial charge >= 0.3 is 0 Å². The second-order valence-electron chi connectivity index (χ2n) is 4.80. The molecule has 1 heterocycles. The first-order chi connectivity index (χ1) is 8.49. The van der Waals surface area contributed by atoms with E-state index in [-0.39, 0.29) is 11.9 Å². The lowest BCUT2D eigenvalue weighted by Gasteiger charge is -2.21. The molecule has 0 aliphatic rings. The molecule has 0 saturated heterocycles. The van der Waals surface area contributed by atoms with Gasteiger partial charge in [0.05, 0.1) is 5.69 Å². The van der Waals surface area contributed by atoms with Crippen LogP contribution in [0.15, 0.2) is 6.07 Å². The highest BCUT2D eigenvalue weighted by Crippen LogP contribution is 2.10. The van der Waals surface area contributed by atoms with Gasteiger partial charge in [0.25, 0.3) is 5.91 Å². The first-order valence-corrected chi connectivity index (χ1v) is 7.51. The summed E-state index contributed by atoms with van der Waals surface area (Å²) in [5, 5.41) is 8.27. The van der Waals surface area contributed by atoms with Crippen molar-refractivity contribution in [3.8, 4) is 0 Å². The number of rotatable bonds is 6. The third kappa shape index (κ3) is 3.83. The number of amides is 1. The fraction of sp³-hybridized carbons (Fsp3) is 0.692. The molecule has 0 saturated carbocycles. The van der Waals surface area contributed by atoms with E-state index >= 15 is 0 Å². The van der Waals surface area contributed by atoms with Gasteiger partial charge in [-0.1, -0.05) is 36.7 Å². The van der Waals surface area contributed by atoms with E-state index in [4.69, 9.17) is 0 Å². The summed E-state index contributed by atoms with van der Waals surface area (Å²) in [5.41, 5.74) is 1.58. The van der Waals surface area contributed by atoms with Crippen LogP contribution in [-0.2, 0) is 13.5 Å². The van der Waals surface area contributed by atoms with Crippen LogP contribution in [0.3, 0.4) is 0 Å². The summed E-state index contributed by atoms with van der Waals surface area (Å²) >= 11 is 3.43. The van der Waals surface area contributed by atoms with E-state index in [9.17, 15) is 4.79 Å². The van der Waals surface area contributed by atoms with E-state index in [1.165, 1.54) is 0 Å². The SMILES string of the molecule is CCc1cc(C(=O)NC(CCBr)C(C)C)n(C)n1. The Balaban J connectivity index is 2.76. The minimum absolute atomic E-state index is 0.0376. The van der Waals surface area contributed by atoms with Crippen LogP contribution >= 0.6 is 15.9 Å². The molecule has 0 aliphatic heterocycles. The van der Waals surface area contributed by atoms with Crippen molar-refractivity contribution in [3.05, 3.63) is 17.5 Å². The van der Waals surface area contributed by atoms with Crippen LogP contribution in [0.1, 0.15) is 43.4 Å². The maximum atomic E-state index is 12.2. The van der Waals surface area contributed by atoms with Gasteiger partial charge in [-0.15, -0.1) is 0 Å². The van der Waals surface area contributed by atoms with Crippen LogP contribution in [-0.4, -0.2) is 27.1 Å². The predicted molar refractivity (Wildman–Crippen MR) is 77.1 cm³/mol. The van der Waals surface area contributed by atoms with E-state index in [2.05, 4.69) is 40.2 Å². The molecular formula is C13H22BrN3O. The summed E-state index contributed by atoms with van der Waals surface area (Å²) in [6, 6.07) is 2.05. The molecule has 5 heteroatoms. The van der Waals surface area contributed by atoms with Gasteiger partial charge in [0.15, 0.2) is 0 Å². The Hall–Kier alpha value is -0.840.